The van der Waals surface area contributed by atoms with E-state index in [2.05, 4.69) is 63.5 Å². The van der Waals surface area contributed by atoms with Crippen LogP contribution in [0.3, 0.4) is 0 Å². The van der Waals surface area contributed by atoms with Crippen LogP contribution in [0.2, 0.25) is 0 Å². The molecule has 0 saturated carbocycles. The first-order chi connectivity index (χ1) is 18.9. The van der Waals surface area contributed by atoms with Crippen molar-refractivity contribution in [2.45, 2.75) is 50.1 Å². The van der Waals surface area contributed by atoms with Crippen LogP contribution < -0.4 is 5.32 Å². The minimum Gasteiger partial charge on any atom is -0.352 e. The molecule has 39 heavy (non-hydrogen) atoms. The third-order valence-electron chi connectivity index (χ3n) is 7.60. The largest absolute Gasteiger partial charge is 0.352 e. The molecule has 2 unspecified atom stereocenters. The lowest BCUT2D eigenvalue weighted by Crippen LogP contribution is -2.34. The van der Waals surface area contributed by atoms with Gasteiger partial charge in [0.05, 0.1) is 4.90 Å². The summed E-state index contributed by atoms with van der Waals surface area (Å²) in [5.74, 6) is 0.257. The van der Waals surface area contributed by atoms with Crippen molar-refractivity contribution >= 4 is 26.8 Å². The lowest BCUT2D eigenvalue weighted by atomic mass is 9.86. The summed E-state index contributed by atoms with van der Waals surface area (Å²) in [5.41, 5.74) is 4.26. The van der Waals surface area contributed by atoms with Crippen molar-refractivity contribution in [1.82, 2.24) is 14.9 Å². The van der Waals surface area contributed by atoms with Crippen molar-refractivity contribution in [3.63, 3.8) is 0 Å². The van der Waals surface area contributed by atoms with Crippen LogP contribution in [0.5, 0.6) is 0 Å². The molecule has 1 N–H and O–H groups in total. The van der Waals surface area contributed by atoms with E-state index in [0.717, 1.165) is 55.2 Å². The van der Waals surface area contributed by atoms with Crippen LogP contribution in [0.4, 0.5) is 0 Å². The lowest BCUT2D eigenvalue weighted by molar-refractivity contribution is -0.126. The van der Waals surface area contributed by atoms with E-state index in [9.17, 15) is 13.2 Å². The maximum atomic E-state index is 13.3. The number of nitrogens with one attached hydrogen (secondary N) is 1. The Labute approximate surface area is 230 Å². The Morgan fingerprint density at radius 2 is 1.85 bits per heavy atom. The van der Waals surface area contributed by atoms with Crippen molar-refractivity contribution < 1.29 is 13.2 Å². The molecule has 0 fully saturated rings. The van der Waals surface area contributed by atoms with E-state index in [0.29, 0.717) is 6.54 Å². The van der Waals surface area contributed by atoms with Crippen LogP contribution >= 0.6 is 0 Å². The molecule has 1 aliphatic carbocycles. The maximum absolute atomic E-state index is 13.3. The number of hydrogen-bond acceptors (Lipinski definition) is 4. The Morgan fingerprint density at radius 1 is 1.05 bits per heavy atom. The molecule has 5 rings (SSSR count). The number of rotatable bonds is 11. The van der Waals surface area contributed by atoms with Crippen LogP contribution in [0.25, 0.3) is 22.2 Å². The minimum atomic E-state index is -3.23. The van der Waals surface area contributed by atoms with Gasteiger partial charge in [0.25, 0.3) is 0 Å². The van der Waals surface area contributed by atoms with Gasteiger partial charge in [0.1, 0.15) is 5.65 Å². The van der Waals surface area contributed by atoms with Gasteiger partial charge in [-0.1, -0.05) is 61.0 Å². The summed E-state index contributed by atoms with van der Waals surface area (Å²) < 4.78 is 25.7. The van der Waals surface area contributed by atoms with Crippen molar-refractivity contribution in [3.05, 3.63) is 96.8 Å². The second-order valence-corrected chi connectivity index (χ2v) is 12.4. The average molecular weight is 542 g/mol. The number of fused-ring (bicyclic) bond motifs is 1. The fraction of sp³-hybridized carbons (Fsp3) is 0.312. The highest BCUT2D eigenvalue weighted by Crippen LogP contribution is 2.31. The molecular formula is C32H35N3O3S. The first-order valence-corrected chi connectivity index (χ1v) is 15.5. The fourth-order valence-corrected chi connectivity index (χ4v) is 6.12. The lowest BCUT2D eigenvalue weighted by Gasteiger charge is -2.22. The van der Waals surface area contributed by atoms with Gasteiger partial charge in [-0.15, -0.1) is 0 Å². The molecule has 0 bridgehead atoms. The van der Waals surface area contributed by atoms with Crippen molar-refractivity contribution in [3.8, 4) is 11.1 Å². The van der Waals surface area contributed by atoms with Gasteiger partial charge in [-0.25, -0.2) is 13.4 Å². The van der Waals surface area contributed by atoms with Gasteiger partial charge in [0, 0.05) is 48.6 Å². The molecule has 1 amide bonds. The Kier molecular flexibility index (Phi) is 8.27. The first-order valence-electron chi connectivity index (χ1n) is 13.6. The summed E-state index contributed by atoms with van der Waals surface area (Å²) in [6.07, 6.45) is 14.4. The average Bonchev–Trinajstić information content (AvgIpc) is 3.61. The van der Waals surface area contributed by atoms with E-state index in [1.54, 1.807) is 24.3 Å². The van der Waals surface area contributed by atoms with Crippen molar-refractivity contribution in [2.24, 2.45) is 11.8 Å². The van der Waals surface area contributed by atoms with Gasteiger partial charge in [0.15, 0.2) is 9.84 Å². The highest BCUT2D eigenvalue weighted by Gasteiger charge is 2.27. The van der Waals surface area contributed by atoms with Gasteiger partial charge in [-0.2, -0.15) is 0 Å². The van der Waals surface area contributed by atoms with Crippen LogP contribution in [0.1, 0.15) is 37.7 Å². The summed E-state index contributed by atoms with van der Waals surface area (Å²) in [7, 11) is -3.23. The number of carbonyl (C=O) groups is 1. The first kappa shape index (κ1) is 26.9. The Morgan fingerprint density at radius 3 is 2.56 bits per heavy atom. The zero-order chi connectivity index (χ0) is 27.2. The maximum Gasteiger partial charge on any atom is 0.223 e. The number of hydrogen-bond donors (Lipinski definition) is 1. The third kappa shape index (κ3) is 6.48. The van der Waals surface area contributed by atoms with Gasteiger partial charge in [-0.3, -0.25) is 4.79 Å². The minimum absolute atomic E-state index is 0.0678. The summed E-state index contributed by atoms with van der Waals surface area (Å²) in [4.78, 5) is 18.2. The predicted molar refractivity (Wildman–Crippen MR) is 156 cm³/mol. The number of amides is 1. The number of sulfone groups is 1. The highest BCUT2D eigenvalue weighted by atomic mass is 32.2. The number of nitrogens with zero attached hydrogens (tertiary/aromatic N) is 2. The van der Waals surface area contributed by atoms with Crippen molar-refractivity contribution in [2.75, 3.05) is 6.26 Å². The summed E-state index contributed by atoms with van der Waals surface area (Å²) in [5, 5.41) is 4.26. The molecule has 2 aromatic carbocycles. The molecule has 4 aromatic rings. The van der Waals surface area contributed by atoms with Gasteiger partial charge in [-0.05, 0) is 67.0 Å². The smallest absolute Gasteiger partial charge is 0.223 e. The third-order valence-corrected chi connectivity index (χ3v) is 8.73. The molecule has 7 heteroatoms. The number of aryl methyl sites for hydroxylation is 1. The molecule has 0 radical (unpaired) electrons. The van der Waals surface area contributed by atoms with E-state index >= 15 is 0 Å². The Bertz CT molecular complexity index is 1560. The van der Waals surface area contributed by atoms with Crippen molar-refractivity contribution in [1.29, 1.82) is 0 Å². The summed E-state index contributed by atoms with van der Waals surface area (Å²) in [6.45, 7) is 1.24. The molecule has 1 aliphatic rings. The molecule has 2 atom stereocenters. The molecular weight excluding hydrogens is 506 g/mol. The molecule has 202 valence electrons. The van der Waals surface area contributed by atoms with Gasteiger partial charge >= 0.3 is 0 Å². The normalized spacial score (nSPS) is 16.0. The fourth-order valence-electron chi connectivity index (χ4n) is 5.49. The number of aromatic nitrogens is 2. The quantitative estimate of drug-likeness (QED) is 0.182. The van der Waals surface area contributed by atoms with Gasteiger partial charge in [0.2, 0.25) is 5.91 Å². The number of carbonyl (C=O) groups excluding carboxylic acids is 1. The predicted octanol–water partition coefficient (Wildman–Crippen LogP) is 6.18. The second kappa shape index (κ2) is 12.0. The summed E-state index contributed by atoms with van der Waals surface area (Å²) >= 11 is 0. The van der Waals surface area contributed by atoms with Crippen LogP contribution in [-0.2, 0) is 27.7 Å². The second-order valence-electron chi connectivity index (χ2n) is 10.4. The highest BCUT2D eigenvalue weighted by molar-refractivity contribution is 7.90. The Hall–Kier alpha value is -3.71. The van der Waals surface area contributed by atoms with E-state index in [-0.39, 0.29) is 22.6 Å². The number of allylic oxidation sites excluding steroid dienone is 2. The topological polar surface area (TPSA) is 81.1 Å². The molecule has 0 aliphatic heterocycles. The molecule has 0 saturated heterocycles. The monoisotopic (exact) mass is 541 g/mol. The van der Waals surface area contributed by atoms with Gasteiger partial charge < -0.3 is 9.88 Å². The zero-order valence-electron chi connectivity index (χ0n) is 22.3. The number of unbranched alkanes of at least 4 members (excludes halogenated alkanes) is 1. The van der Waals surface area contributed by atoms with Crippen LogP contribution in [-0.4, -0.2) is 30.1 Å². The SMILES string of the molecule is CS(=O)(=O)c1ccc(CNC(=O)C(CCCCn2cc(-c3ccccc3)c3cccnc32)C2C=CCC2)cc1. The van der Waals surface area contributed by atoms with E-state index < -0.39 is 9.84 Å². The standard InChI is InChI=1S/C32H35N3O3S/c1-39(37,38)27-18-16-24(17-19-27)22-34-32(36)28(25-12-5-6-13-25)14-7-8-21-35-23-30(26-10-3-2-4-11-26)29-15-9-20-33-31(29)35/h2-5,9-12,15-20,23,25,28H,6-8,13-14,21-22H2,1H3,(H,34,36). The summed E-state index contributed by atoms with van der Waals surface area (Å²) in [6, 6.07) is 21.2. The van der Waals surface area contributed by atoms with E-state index in [1.807, 2.05) is 18.3 Å². The number of benzene rings is 2. The zero-order valence-corrected chi connectivity index (χ0v) is 23.1. The van der Waals surface area contributed by atoms with E-state index in [4.69, 9.17) is 0 Å². The number of pyridine rings is 1. The van der Waals surface area contributed by atoms with E-state index in [1.165, 1.54) is 17.4 Å². The van der Waals surface area contributed by atoms with Crippen LogP contribution in [0.15, 0.2) is 96.2 Å². The molecule has 6 nitrogen and oxygen atoms in total. The molecule has 2 heterocycles. The van der Waals surface area contributed by atoms with Crippen LogP contribution in [0, 0.1) is 11.8 Å². The Balaban J connectivity index is 1.21. The molecule has 0 spiro atoms. The molecule has 2 aromatic heterocycles.